The summed E-state index contributed by atoms with van der Waals surface area (Å²) in [5.41, 5.74) is 2.52. The molecule has 0 unspecified atom stereocenters. The van der Waals surface area contributed by atoms with Crippen LogP contribution in [0.15, 0.2) is 39.6 Å². The number of halogens is 1. The Morgan fingerprint density at radius 1 is 1.33 bits per heavy atom. The molecule has 2 rings (SSSR count). The minimum atomic E-state index is 0.00991. The van der Waals surface area contributed by atoms with Crippen LogP contribution < -0.4 is 10.3 Å². The summed E-state index contributed by atoms with van der Waals surface area (Å²) in [6.45, 7) is 4.37. The molecule has 0 aliphatic carbocycles. The second kappa shape index (κ2) is 6.59. The molecule has 0 aliphatic rings. The number of nitrogens with zero attached hydrogens (tertiary/aromatic N) is 2. The van der Waals surface area contributed by atoms with Gasteiger partial charge in [-0.15, -0.1) is 0 Å². The third-order valence-electron chi connectivity index (χ3n) is 3.20. The van der Waals surface area contributed by atoms with Crippen LogP contribution in [0.4, 0.5) is 0 Å². The van der Waals surface area contributed by atoms with Gasteiger partial charge < -0.3 is 9.30 Å². The molecule has 5 heteroatoms. The van der Waals surface area contributed by atoms with Gasteiger partial charge in [0.25, 0.3) is 5.56 Å². The van der Waals surface area contributed by atoms with Crippen LogP contribution in [0.25, 0.3) is 11.3 Å². The Kier molecular flexibility index (Phi) is 4.81. The number of rotatable bonds is 4. The van der Waals surface area contributed by atoms with E-state index < -0.39 is 0 Å². The van der Waals surface area contributed by atoms with Crippen LogP contribution in [0, 0.1) is 18.3 Å². The predicted molar refractivity (Wildman–Crippen MR) is 85.4 cm³/mol. The molecular formula is C16H15BrN2O2. The van der Waals surface area contributed by atoms with E-state index in [1.807, 2.05) is 38.1 Å². The molecule has 0 radical (unpaired) electrons. The zero-order valence-corrected chi connectivity index (χ0v) is 13.5. The molecule has 108 valence electrons. The summed E-state index contributed by atoms with van der Waals surface area (Å²) in [6.07, 6.45) is 0. The van der Waals surface area contributed by atoms with E-state index in [1.54, 1.807) is 16.7 Å². The van der Waals surface area contributed by atoms with E-state index >= 15 is 0 Å². The number of pyridine rings is 1. The highest BCUT2D eigenvalue weighted by atomic mass is 79.9. The van der Waals surface area contributed by atoms with Crippen molar-refractivity contribution in [2.45, 2.75) is 20.4 Å². The molecule has 0 aliphatic heterocycles. The van der Waals surface area contributed by atoms with E-state index in [1.165, 1.54) is 0 Å². The van der Waals surface area contributed by atoms with Gasteiger partial charge in [0.1, 0.15) is 11.8 Å². The number of aromatic nitrogens is 1. The van der Waals surface area contributed by atoms with Crippen molar-refractivity contribution in [2.75, 3.05) is 6.61 Å². The minimum Gasteiger partial charge on any atom is -0.479 e. The second-order valence-corrected chi connectivity index (χ2v) is 5.39. The van der Waals surface area contributed by atoms with Gasteiger partial charge >= 0.3 is 0 Å². The largest absolute Gasteiger partial charge is 0.479 e. The number of hydrogen-bond donors (Lipinski definition) is 0. The highest BCUT2D eigenvalue weighted by Crippen LogP contribution is 2.31. The Morgan fingerprint density at radius 3 is 2.71 bits per heavy atom. The van der Waals surface area contributed by atoms with Crippen LogP contribution >= 0.6 is 15.9 Å². The quantitative estimate of drug-likeness (QED) is 0.851. The SMILES string of the molecule is CCn1c(-c2ccc(OCC#N)cc2Br)ccc(C)c1=O. The number of aryl methyl sites for hydroxylation is 1. The standard InChI is InChI=1S/C16H15BrN2O2/c1-3-19-15(7-4-11(2)16(19)20)13-6-5-12(10-14(13)17)21-9-8-18/h4-7,10H,3,9H2,1-2H3. The molecular weight excluding hydrogens is 332 g/mol. The van der Waals surface area contributed by atoms with E-state index in [2.05, 4.69) is 15.9 Å². The van der Waals surface area contributed by atoms with Gasteiger partial charge in [-0.1, -0.05) is 6.07 Å². The molecule has 1 aromatic carbocycles. The van der Waals surface area contributed by atoms with Crippen molar-refractivity contribution in [2.24, 2.45) is 0 Å². The summed E-state index contributed by atoms with van der Waals surface area (Å²) >= 11 is 3.50. The molecule has 0 saturated heterocycles. The molecule has 0 N–H and O–H groups in total. The summed E-state index contributed by atoms with van der Waals surface area (Å²) in [5.74, 6) is 0.615. The van der Waals surface area contributed by atoms with Crippen molar-refractivity contribution in [3.63, 3.8) is 0 Å². The van der Waals surface area contributed by atoms with Crippen molar-refractivity contribution in [3.05, 3.63) is 50.7 Å². The molecule has 0 spiro atoms. The lowest BCUT2D eigenvalue weighted by molar-refractivity contribution is 0.368. The topological polar surface area (TPSA) is 55.0 Å². The Bertz CT molecular complexity index is 760. The molecule has 1 aromatic heterocycles. The van der Waals surface area contributed by atoms with Crippen LogP contribution in [0.2, 0.25) is 0 Å². The van der Waals surface area contributed by atoms with Gasteiger partial charge in [-0.05, 0) is 54.0 Å². The average molecular weight is 347 g/mol. The van der Waals surface area contributed by atoms with Gasteiger partial charge in [-0.25, -0.2) is 0 Å². The molecule has 21 heavy (non-hydrogen) atoms. The summed E-state index contributed by atoms with van der Waals surface area (Å²) in [4.78, 5) is 12.2. The first-order chi connectivity index (χ1) is 10.1. The molecule has 0 saturated carbocycles. The fourth-order valence-electron chi connectivity index (χ4n) is 2.15. The Balaban J connectivity index is 2.51. The monoisotopic (exact) mass is 346 g/mol. The molecule has 0 amide bonds. The summed E-state index contributed by atoms with van der Waals surface area (Å²) in [5, 5.41) is 8.53. The van der Waals surface area contributed by atoms with E-state index in [0.717, 1.165) is 21.3 Å². The van der Waals surface area contributed by atoms with Gasteiger partial charge in [0.2, 0.25) is 0 Å². The fourth-order valence-corrected chi connectivity index (χ4v) is 2.71. The summed E-state index contributed by atoms with van der Waals surface area (Å²) in [7, 11) is 0. The summed E-state index contributed by atoms with van der Waals surface area (Å²) in [6, 6.07) is 11.2. The lowest BCUT2D eigenvalue weighted by Crippen LogP contribution is -2.22. The number of benzene rings is 1. The van der Waals surface area contributed by atoms with Crippen LogP contribution in [0.1, 0.15) is 12.5 Å². The van der Waals surface area contributed by atoms with Crippen LogP contribution in [0.5, 0.6) is 5.75 Å². The lowest BCUT2D eigenvalue weighted by atomic mass is 10.1. The van der Waals surface area contributed by atoms with Crippen LogP contribution in [0.3, 0.4) is 0 Å². The van der Waals surface area contributed by atoms with Crippen LogP contribution in [-0.2, 0) is 6.54 Å². The van der Waals surface area contributed by atoms with Crippen LogP contribution in [-0.4, -0.2) is 11.2 Å². The molecule has 4 nitrogen and oxygen atoms in total. The third kappa shape index (κ3) is 3.17. The molecule has 2 aromatic rings. The third-order valence-corrected chi connectivity index (χ3v) is 3.86. The second-order valence-electron chi connectivity index (χ2n) is 4.54. The number of ether oxygens (including phenoxy) is 1. The maximum Gasteiger partial charge on any atom is 0.253 e. The van der Waals surface area contributed by atoms with Crippen molar-refractivity contribution in [1.82, 2.24) is 4.57 Å². The zero-order valence-electron chi connectivity index (χ0n) is 11.9. The predicted octanol–water partition coefficient (Wildman–Crippen LogP) is 3.51. The van der Waals surface area contributed by atoms with Crippen molar-refractivity contribution < 1.29 is 4.74 Å². The fraction of sp³-hybridized carbons (Fsp3) is 0.250. The highest BCUT2D eigenvalue weighted by Gasteiger charge is 2.11. The zero-order chi connectivity index (χ0) is 15.4. The Morgan fingerprint density at radius 2 is 2.10 bits per heavy atom. The van der Waals surface area contributed by atoms with Crippen molar-refractivity contribution in [3.8, 4) is 23.1 Å². The lowest BCUT2D eigenvalue weighted by Gasteiger charge is -2.14. The first-order valence-electron chi connectivity index (χ1n) is 6.58. The maximum atomic E-state index is 12.2. The molecule has 0 atom stereocenters. The normalized spacial score (nSPS) is 10.2. The highest BCUT2D eigenvalue weighted by molar-refractivity contribution is 9.10. The van der Waals surface area contributed by atoms with E-state index in [0.29, 0.717) is 12.3 Å². The summed E-state index contributed by atoms with van der Waals surface area (Å²) < 4.78 is 7.83. The smallest absolute Gasteiger partial charge is 0.253 e. The van der Waals surface area contributed by atoms with Gasteiger partial charge in [0.05, 0.1) is 5.69 Å². The molecule has 1 heterocycles. The van der Waals surface area contributed by atoms with Gasteiger partial charge in [0, 0.05) is 22.1 Å². The number of nitriles is 1. The molecule has 0 fully saturated rings. The van der Waals surface area contributed by atoms with E-state index in [9.17, 15) is 4.79 Å². The first kappa shape index (κ1) is 15.3. The average Bonchev–Trinajstić information content (AvgIpc) is 2.48. The van der Waals surface area contributed by atoms with E-state index in [4.69, 9.17) is 10.00 Å². The Labute approximate surface area is 131 Å². The van der Waals surface area contributed by atoms with E-state index in [-0.39, 0.29) is 12.2 Å². The van der Waals surface area contributed by atoms with Gasteiger partial charge in [-0.2, -0.15) is 5.26 Å². The van der Waals surface area contributed by atoms with Crippen molar-refractivity contribution >= 4 is 15.9 Å². The van der Waals surface area contributed by atoms with Crippen molar-refractivity contribution in [1.29, 1.82) is 5.26 Å². The maximum absolute atomic E-state index is 12.2. The number of hydrogen-bond acceptors (Lipinski definition) is 3. The van der Waals surface area contributed by atoms with Gasteiger partial charge in [0.15, 0.2) is 6.61 Å². The first-order valence-corrected chi connectivity index (χ1v) is 7.38. The Hall–Kier alpha value is -2.06. The minimum absolute atomic E-state index is 0.00991. The van der Waals surface area contributed by atoms with Gasteiger partial charge in [-0.3, -0.25) is 4.79 Å². The molecule has 0 bridgehead atoms.